The minimum atomic E-state index is -4.35. The Morgan fingerprint density at radius 3 is 2.38 bits per heavy atom. The maximum absolute atomic E-state index is 12.6. The lowest BCUT2D eigenvalue weighted by Gasteiger charge is -2.16. The molecule has 0 aliphatic rings. The lowest BCUT2D eigenvalue weighted by molar-refractivity contribution is -0.137. The van der Waals surface area contributed by atoms with E-state index in [2.05, 4.69) is 10.3 Å². The van der Waals surface area contributed by atoms with Gasteiger partial charge in [-0.1, -0.05) is 0 Å². The third-order valence-corrected chi connectivity index (χ3v) is 1.96. The van der Waals surface area contributed by atoms with Gasteiger partial charge in [-0.05, 0) is 19.1 Å². The largest absolute Gasteiger partial charge is 0.416 e. The maximum atomic E-state index is 12.6. The molecule has 0 aliphatic heterocycles. The lowest BCUT2D eigenvalue weighted by Crippen LogP contribution is -2.15. The molecule has 0 aliphatic carbocycles. The summed E-state index contributed by atoms with van der Waals surface area (Å²) in [5.41, 5.74) is -0.692. The van der Waals surface area contributed by atoms with E-state index in [9.17, 15) is 13.2 Å². The number of pyridine rings is 1. The van der Waals surface area contributed by atoms with Crippen molar-refractivity contribution < 1.29 is 13.2 Å². The highest BCUT2D eigenvalue weighted by molar-refractivity contribution is 5.50. The summed E-state index contributed by atoms with van der Waals surface area (Å²) in [5.74, 6) is 0.520. The van der Waals surface area contributed by atoms with Crippen LogP contribution in [0.2, 0.25) is 0 Å². The monoisotopic (exact) mass is 233 g/mol. The molecule has 0 atom stereocenters. The molecule has 0 amide bonds. The molecule has 6 heteroatoms. The quantitative estimate of drug-likeness (QED) is 0.869. The first-order valence-electron chi connectivity index (χ1n) is 4.85. The second-order valence-corrected chi connectivity index (χ2v) is 3.52. The molecule has 1 aromatic rings. The highest BCUT2D eigenvalue weighted by atomic mass is 19.4. The van der Waals surface area contributed by atoms with Crippen molar-refractivity contribution in [3.8, 4) is 0 Å². The van der Waals surface area contributed by atoms with Crippen LogP contribution in [0.1, 0.15) is 12.5 Å². The van der Waals surface area contributed by atoms with Crippen molar-refractivity contribution in [2.24, 2.45) is 0 Å². The third-order valence-electron chi connectivity index (χ3n) is 1.96. The summed E-state index contributed by atoms with van der Waals surface area (Å²) in [4.78, 5) is 5.59. The van der Waals surface area contributed by atoms with E-state index in [1.54, 1.807) is 21.0 Å². The normalized spacial score (nSPS) is 11.4. The molecular weight excluding hydrogens is 219 g/mol. The first-order chi connectivity index (χ1) is 7.34. The molecule has 0 fully saturated rings. The zero-order valence-corrected chi connectivity index (χ0v) is 9.39. The summed E-state index contributed by atoms with van der Waals surface area (Å²) in [6.07, 6.45) is -4.35. The molecule has 1 heterocycles. The van der Waals surface area contributed by atoms with Gasteiger partial charge in [0.1, 0.15) is 11.6 Å². The Balaban J connectivity index is 3.19. The average Bonchev–Trinajstić information content (AvgIpc) is 2.16. The first kappa shape index (κ1) is 12.6. The maximum Gasteiger partial charge on any atom is 0.416 e. The van der Waals surface area contributed by atoms with Gasteiger partial charge in [-0.25, -0.2) is 4.98 Å². The van der Waals surface area contributed by atoms with Crippen LogP contribution < -0.4 is 10.2 Å². The minimum Gasteiger partial charge on any atom is -0.370 e. The topological polar surface area (TPSA) is 28.2 Å². The summed E-state index contributed by atoms with van der Waals surface area (Å²) < 4.78 is 37.7. The van der Waals surface area contributed by atoms with Gasteiger partial charge in [-0.15, -0.1) is 0 Å². The summed E-state index contributed by atoms with van der Waals surface area (Å²) in [5, 5.41) is 2.78. The third kappa shape index (κ3) is 3.01. The molecule has 0 saturated carbocycles. The Labute approximate surface area is 92.3 Å². The van der Waals surface area contributed by atoms with Crippen LogP contribution in [0.3, 0.4) is 0 Å². The molecule has 3 nitrogen and oxygen atoms in total. The Morgan fingerprint density at radius 2 is 1.94 bits per heavy atom. The van der Waals surface area contributed by atoms with Gasteiger partial charge in [0.25, 0.3) is 0 Å². The Hall–Kier alpha value is -1.46. The minimum absolute atomic E-state index is 0.237. The predicted octanol–water partition coefficient (Wildman–Crippen LogP) is 2.60. The van der Waals surface area contributed by atoms with Crippen LogP contribution >= 0.6 is 0 Å². The van der Waals surface area contributed by atoms with E-state index in [1.807, 2.05) is 0 Å². The van der Waals surface area contributed by atoms with E-state index < -0.39 is 11.7 Å². The van der Waals surface area contributed by atoms with Crippen LogP contribution in [0.5, 0.6) is 0 Å². The van der Waals surface area contributed by atoms with Crippen molar-refractivity contribution in [2.45, 2.75) is 13.1 Å². The van der Waals surface area contributed by atoms with Crippen molar-refractivity contribution in [1.29, 1.82) is 0 Å². The fraction of sp³-hybridized carbons (Fsp3) is 0.500. The van der Waals surface area contributed by atoms with Gasteiger partial charge in [-0.2, -0.15) is 13.2 Å². The molecule has 0 unspecified atom stereocenters. The van der Waals surface area contributed by atoms with Gasteiger partial charge in [0, 0.05) is 20.6 Å². The van der Waals surface area contributed by atoms with E-state index in [0.717, 1.165) is 12.1 Å². The molecule has 1 aromatic heterocycles. The second-order valence-electron chi connectivity index (χ2n) is 3.52. The number of alkyl halides is 3. The second kappa shape index (κ2) is 4.59. The van der Waals surface area contributed by atoms with Crippen molar-refractivity contribution >= 4 is 11.6 Å². The molecule has 16 heavy (non-hydrogen) atoms. The number of aromatic nitrogens is 1. The van der Waals surface area contributed by atoms with E-state index in [4.69, 9.17) is 0 Å². The zero-order valence-electron chi connectivity index (χ0n) is 9.39. The fourth-order valence-corrected chi connectivity index (χ4v) is 1.18. The van der Waals surface area contributed by atoms with Crippen LogP contribution in [-0.4, -0.2) is 25.6 Å². The van der Waals surface area contributed by atoms with E-state index in [-0.39, 0.29) is 11.6 Å². The summed E-state index contributed by atoms with van der Waals surface area (Å²) in [6.45, 7) is 2.33. The van der Waals surface area contributed by atoms with Crippen LogP contribution in [0.15, 0.2) is 12.1 Å². The summed E-state index contributed by atoms with van der Waals surface area (Å²) in [6, 6.07) is 2.04. The number of halogens is 3. The van der Waals surface area contributed by atoms with Gasteiger partial charge in [0.15, 0.2) is 0 Å². The molecule has 0 bridgehead atoms. The predicted molar refractivity (Wildman–Crippen MR) is 57.7 cm³/mol. The van der Waals surface area contributed by atoms with Crippen molar-refractivity contribution in [1.82, 2.24) is 4.98 Å². The Morgan fingerprint density at radius 1 is 1.31 bits per heavy atom. The number of nitrogens with zero attached hydrogens (tertiary/aromatic N) is 2. The van der Waals surface area contributed by atoms with Crippen LogP contribution in [-0.2, 0) is 6.18 Å². The summed E-state index contributed by atoms with van der Waals surface area (Å²) >= 11 is 0. The molecule has 0 aromatic carbocycles. The average molecular weight is 233 g/mol. The highest BCUT2D eigenvalue weighted by Crippen LogP contribution is 2.32. The number of hydrogen-bond donors (Lipinski definition) is 1. The van der Waals surface area contributed by atoms with Gasteiger partial charge in [0.2, 0.25) is 0 Å². The molecular formula is C10H14F3N3. The van der Waals surface area contributed by atoms with E-state index in [0.29, 0.717) is 6.54 Å². The number of rotatable bonds is 3. The lowest BCUT2D eigenvalue weighted by atomic mass is 10.2. The van der Waals surface area contributed by atoms with E-state index in [1.165, 1.54) is 4.90 Å². The van der Waals surface area contributed by atoms with Gasteiger partial charge in [0.05, 0.1) is 5.56 Å². The molecule has 0 radical (unpaired) electrons. The smallest absolute Gasteiger partial charge is 0.370 e. The summed E-state index contributed by atoms with van der Waals surface area (Å²) in [7, 11) is 3.30. The van der Waals surface area contributed by atoms with Gasteiger partial charge >= 0.3 is 6.18 Å². The van der Waals surface area contributed by atoms with Gasteiger partial charge in [-0.3, -0.25) is 0 Å². The Bertz CT molecular complexity index is 361. The van der Waals surface area contributed by atoms with Crippen molar-refractivity contribution in [2.75, 3.05) is 30.9 Å². The van der Waals surface area contributed by atoms with Crippen LogP contribution in [0.4, 0.5) is 24.8 Å². The first-order valence-corrected chi connectivity index (χ1v) is 4.85. The Kier molecular flexibility index (Phi) is 3.62. The number of anilines is 2. The molecule has 0 spiro atoms. The standard InChI is InChI=1S/C10H14F3N3/c1-4-14-8-5-7(10(11,12)13)6-9(15-8)16(2)3/h5-6H,4H2,1-3H3,(H,14,15). The molecule has 1 N–H and O–H groups in total. The van der Waals surface area contributed by atoms with Crippen LogP contribution in [0.25, 0.3) is 0 Å². The number of hydrogen-bond acceptors (Lipinski definition) is 3. The molecule has 0 saturated heterocycles. The van der Waals surface area contributed by atoms with Gasteiger partial charge < -0.3 is 10.2 Å². The van der Waals surface area contributed by atoms with Crippen LogP contribution in [0, 0.1) is 0 Å². The SMILES string of the molecule is CCNc1cc(C(F)(F)F)cc(N(C)C)n1. The highest BCUT2D eigenvalue weighted by Gasteiger charge is 2.31. The van der Waals surface area contributed by atoms with E-state index >= 15 is 0 Å². The molecule has 90 valence electrons. The number of nitrogens with one attached hydrogen (secondary N) is 1. The molecule has 1 rings (SSSR count). The fourth-order valence-electron chi connectivity index (χ4n) is 1.18. The van der Waals surface area contributed by atoms with Crippen molar-refractivity contribution in [3.05, 3.63) is 17.7 Å². The van der Waals surface area contributed by atoms with Crippen molar-refractivity contribution in [3.63, 3.8) is 0 Å². The zero-order chi connectivity index (χ0) is 12.3.